The van der Waals surface area contributed by atoms with Crippen molar-refractivity contribution in [2.45, 2.75) is 88.6 Å². The van der Waals surface area contributed by atoms with E-state index in [4.69, 9.17) is 18.9 Å². The quantitative estimate of drug-likeness (QED) is 0.384. The highest BCUT2D eigenvalue weighted by Crippen LogP contribution is 2.29. The molecule has 5 N–H and O–H groups in total. The minimum atomic E-state index is -1.52. The number of hydrogen-bond acceptors (Lipinski definition) is 9. The molecule has 0 radical (unpaired) electrons. The van der Waals surface area contributed by atoms with Crippen LogP contribution in [0.2, 0.25) is 0 Å². The molecule has 2 aliphatic rings. The van der Waals surface area contributed by atoms with Crippen molar-refractivity contribution in [3.63, 3.8) is 0 Å². The molecule has 142 valence electrons. The van der Waals surface area contributed by atoms with Crippen molar-refractivity contribution in [2.75, 3.05) is 6.61 Å². The molecule has 0 unspecified atom stereocenters. The van der Waals surface area contributed by atoms with Crippen molar-refractivity contribution in [1.29, 1.82) is 0 Å². The predicted octanol–water partition coefficient (Wildman–Crippen LogP) is -1.91. The first kappa shape index (κ1) is 20.0. The van der Waals surface area contributed by atoms with Gasteiger partial charge in [-0.25, -0.2) is 0 Å². The molecule has 0 saturated carbocycles. The minimum Gasteiger partial charge on any atom is -0.388 e. The summed E-state index contributed by atoms with van der Waals surface area (Å²) in [6.07, 6.45) is -10.9. The molecule has 9 heteroatoms. The fourth-order valence-electron chi connectivity index (χ4n) is 2.81. The van der Waals surface area contributed by atoms with Gasteiger partial charge in [0.25, 0.3) is 0 Å². The molecule has 2 rings (SSSR count). The molecule has 2 fully saturated rings. The largest absolute Gasteiger partial charge is 0.388 e. The first-order chi connectivity index (χ1) is 11.3. The summed E-state index contributed by atoms with van der Waals surface area (Å²) in [4.78, 5) is 0. The number of aliphatic hydroxyl groups is 5. The van der Waals surface area contributed by atoms with Crippen LogP contribution in [0.5, 0.6) is 0 Å². The average Bonchev–Trinajstić information content (AvgIpc) is 2.56. The lowest BCUT2D eigenvalue weighted by Crippen LogP contribution is -2.63. The highest BCUT2D eigenvalue weighted by molar-refractivity contribution is 4.92. The van der Waals surface area contributed by atoms with E-state index in [0.717, 1.165) is 6.42 Å². The zero-order chi connectivity index (χ0) is 18.0. The van der Waals surface area contributed by atoms with Crippen LogP contribution in [0.25, 0.3) is 0 Å². The fourth-order valence-corrected chi connectivity index (χ4v) is 2.81. The second-order valence-corrected chi connectivity index (χ2v) is 6.34. The predicted molar refractivity (Wildman–Crippen MR) is 79.8 cm³/mol. The van der Waals surface area contributed by atoms with E-state index in [2.05, 4.69) is 0 Å². The highest BCUT2D eigenvalue weighted by Gasteiger charge is 2.49. The normalized spacial score (nSPS) is 50.0. The van der Waals surface area contributed by atoms with Crippen LogP contribution in [0.15, 0.2) is 0 Å². The van der Waals surface area contributed by atoms with Gasteiger partial charge in [-0.05, 0) is 20.3 Å². The molecule has 0 aliphatic carbocycles. The molecule has 0 aromatic heterocycles. The van der Waals surface area contributed by atoms with Crippen molar-refractivity contribution in [1.82, 2.24) is 0 Å². The maximum atomic E-state index is 10.4. The Labute approximate surface area is 140 Å². The van der Waals surface area contributed by atoms with Gasteiger partial charge in [0.2, 0.25) is 0 Å². The maximum absolute atomic E-state index is 10.4. The standard InChI is InChI=1S/C15H28O9/c1-4-5-21-14-12(20)13(9(17)7(3)22-14)24-15-11(19)10(18)8(16)6(2)23-15/h6-20H,4-5H2,1-3H3/t6-,7-,8+,9+,10+,11-,12-,13+,14+,15-/m0/s1. The third kappa shape index (κ3) is 4.06. The summed E-state index contributed by atoms with van der Waals surface area (Å²) in [5.41, 5.74) is 0. The molecular weight excluding hydrogens is 324 g/mol. The molecule has 0 bridgehead atoms. The van der Waals surface area contributed by atoms with E-state index < -0.39 is 61.4 Å². The first-order valence-corrected chi connectivity index (χ1v) is 8.26. The molecule has 9 nitrogen and oxygen atoms in total. The van der Waals surface area contributed by atoms with Gasteiger partial charge in [-0.1, -0.05) is 6.92 Å². The van der Waals surface area contributed by atoms with Crippen molar-refractivity contribution in [2.24, 2.45) is 0 Å². The molecule has 0 aromatic rings. The minimum absolute atomic E-state index is 0.363. The van der Waals surface area contributed by atoms with Crippen LogP contribution in [-0.4, -0.2) is 93.6 Å². The van der Waals surface area contributed by atoms with Gasteiger partial charge in [-0.2, -0.15) is 0 Å². The van der Waals surface area contributed by atoms with Gasteiger partial charge in [0.05, 0.1) is 12.2 Å². The third-order valence-corrected chi connectivity index (χ3v) is 4.37. The Balaban J connectivity index is 2.07. The molecule has 0 spiro atoms. The summed E-state index contributed by atoms with van der Waals surface area (Å²) in [7, 11) is 0. The van der Waals surface area contributed by atoms with Crippen LogP contribution in [-0.2, 0) is 18.9 Å². The second-order valence-electron chi connectivity index (χ2n) is 6.34. The topological polar surface area (TPSA) is 138 Å². The van der Waals surface area contributed by atoms with Crippen molar-refractivity contribution >= 4 is 0 Å². The Morgan fingerprint density at radius 1 is 0.750 bits per heavy atom. The monoisotopic (exact) mass is 352 g/mol. The fraction of sp³-hybridized carbons (Fsp3) is 1.00. The molecule has 0 aromatic carbocycles. The molecular formula is C15H28O9. The van der Waals surface area contributed by atoms with Crippen LogP contribution in [0, 0.1) is 0 Å². The molecule has 2 aliphatic heterocycles. The van der Waals surface area contributed by atoms with Crippen molar-refractivity contribution < 1.29 is 44.5 Å². The summed E-state index contributed by atoms with van der Waals surface area (Å²) in [5, 5.41) is 50.1. The van der Waals surface area contributed by atoms with Crippen LogP contribution in [0.3, 0.4) is 0 Å². The van der Waals surface area contributed by atoms with Gasteiger partial charge in [0.15, 0.2) is 12.6 Å². The summed E-state index contributed by atoms with van der Waals surface area (Å²) >= 11 is 0. The molecule has 0 amide bonds. The Morgan fingerprint density at radius 3 is 1.96 bits per heavy atom. The van der Waals surface area contributed by atoms with Gasteiger partial charge < -0.3 is 44.5 Å². The maximum Gasteiger partial charge on any atom is 0.187 e. The second kappa shape index (κ2) is 8.35. The summed E-state index contributed by atoms with van der Waals surface area (Å²) in [6.45, 7) is 5.39. The number of aliphatic hydroxyl groups excluding tert-OH is 5. The first-order valence-electron chi connectivity index (χ1n) is 8.26. The van der Waals surface area contributed by atoms with Gasteiger partial charge in [0.1, 0.15) is 36.6 Å². The lowest BCUT2D eigenvalue weighted by atomic mass is 9.97. The lowest BCUT2D eigenvalue weighted by molar-refractivity contribution is -0.354. The van der Waals surface area contributed by atoms with Crippen LogP contribution in [0.1, 0.15) is 27.2 Å². The van der Waals surface area contributed by atoms with E-state index in [-0.39, 0.29) is 0 Å². The van der Waals surface area contributed by atoms with E-state index in [0.29, 0.717) is 6.61 Å². The van der Waals surface area contributed by atoms with Gasteiger partial charge in [0, 0.05) is 6.61 Å². The Hall–Kier alpha value is -0.360. The lowest BCUT2D eigenvalue weighted by Gasteiger charge is -2.45. The van der Waals surface area contributed by atoms with Gasteiger partial charge in [-0.15, -0.1) is 0 Å². The third-order valence-electron chi connectivity index (χ3n) is 4.37. The van der Waals surface area contributed by atoms with E-state index in [1.165, 1.54) is 6.92 Å². The van der Waals surface area contributed by atoms with E-state index in [9.17, 15) is 25.5 Å². The van der Waals surface area contributed by atoms with E-state index in [1.807, 2.05) is 6.92 Å². The van der Waals surface area contributed by atoms with E-state index >= 15 is 0 Å². The highest BCUT2D eigenvalue weighted by atomic mass is 16.7. The summed E-state index contributed by atoms with van der Waals surface area (Å²) in [6, 6.07) is 0. The summed E-state index contributed by atoms with van der Waals surface area (Å²) in [5.74, 6) is 0. The van der Waals surface area contributed by atoms with Crippen molar-refractivity contribution in [3.8, 4) is 0 Å². The zero-order valence-electron chi connectivity index (χ0n) is 14.1. The number of ether oxygens (including phenoxy) is 4. The Bertz CT molecular complexity index is 395. The van der Waals surface area contributed by atoms with Gasteiger partial charge >= 0.3 is 0 Å². The van der Waals surface area contributed by atoms with E-state index in [1.54, 1.807) is 6.92 Å². The van der Waals surface area contributed by atoms with Crippen LogP contribution in [0.4, 0.5) is 0 Å². The van der Waals surface area contributed by atoms with Crippen LogP contribution >= 0.6 is 0 Å². The summed E-state index contributed by atoms with van der Waals surface area (Å²) < 4.78 is 21.7. The molecule has 2 heterocycles. The Morgan fingerprint density at radius 2 is 1.33 bits per heavy atom. The zero-order valence-corrected chi connectivity index (χ0v) is 14.1. The average molecular weight is 352 g/mol. The number of rotatable bonds is 5. The van der Waals surface area contributed by atoms with Crippen LogP contribution < -0.4 is 0 Å². The molecule has 10 atom stereocenters. The SMILES string of the molecule is CCCO[C@@H]1O[C@@H](C)[C@@H](O)[C@@H](O[C@@H]2O[C@@H](C)[C@@H](O)[C@@H](O)[C@@H]2O)[C@@H]1O. The Kier molecular flexibility index (Phi) is 6.94. The van der Waals surface area contributed by atoms with Crippen molar-refractivity contribution in [3.05, 3.63) is 0 Å². The number of hydrogen-bond donors (Lipinski definition) is 5. The molecule has 2 saturated heterocycles. The molecule has 24 heavy (non-hydrogen) atoms. The smallest absolute Gasteiger partial charge is 0.187 e. The van der Waals surface area contributed by atoms with Gasteiger partial charge in [-0.3, -0.25) is 0 Å².